The van der Waals surface area contributed by atoms with E-state index in [1.807, 2.05) is 18.1 Å². The minimum Gasteiger partial charge on any atom is -0.394 e. The van der Waals surface area contributed by atoms with Crippen LogP contribution in [-0.4, -0.2) is 46.0 Å². The normalized spacial score (nSPS) is 16.8. The number of aliphatic hydroxyl groups is 1. The molecule has 1 rings (SSSR count). The van der Waals surface area contributed by atoms with Crippen LogP contribution in [0.1, 0.15) is 40.5 Å². The van der Waals surface area contributed by atoms with Crippen LogP contribution in [-0.2, 0) is 0 Å². The SMILES string of the molecule is C=CN(/C(C)=C/C(C)(C)N(CCO)/N=C\C)C1CC1. The number of allylic oxidation sites excluding steroid dienone is 1. The van der Waals surface area contributed by atoms with Crippen molar-refractivity contribution >= 4 is 6.21 Å². The number of rotatable bonds is 8. The van der Waals surface area contributed by atoms with Crippen LogP contribution in [0.15, 0.2) is 29.7 Å². The van der Waals surface area contributed by atoms with Crippen LogP contribution in [0.3, 0.4) is 0 Å². The maximum absolute atomic E-state index is 9.15. The zero-order valence-electron chi connectivity index (χ0n) is 12.6. The Bertz CT molecular complexity index is 356. The lowest BCUT2D eigenvalue weighted by molar-refractivity contribution is 0.129. The van der Waals surface area contributed by atoms with Gasteiger partial charge in [-0.3, -0.25) is 5.01 Å². The average molecular weight is 265 g/mol. The fourth-order valence-corrected chi connectivity index (χ4v) is 2.32. The molecule has 0 aromatic rings. The molecule has 0 heterocycles. The van der Waals surface area contributed by atoms with Crippen molar-refractivity contribution in [3.63, 3.8) is 0 Å². The Kier molecular flexibility index (Phi) is 5.60. The predicted molar refractivity (Wildman–Crippen MR) is 80.9 cm³/mol. The van der Waals surface area contributed by atoms with Gasteiger partial charge in [-0.15, -0.1) is 0 Å². The van der Waals surface area contributed by atoms with E-state index >= 15 is 0 Å². The molecule has 0 atom stereocenters. The summed E-state index contributed by atoms with van der Waals surface area (Å²) in [7, 11) is 0. The Morgan fingerprint density at radius 3 is 2.53 bits per heavy atom. The number of nitrogens with zero attached hydrogens (tertiary/aromatic N) is 3. The number of hydrazone groups is 1. The van der Waals surface area contributed by atoms with Crippen LogP contribution in [0, 0.1) is 0 Å². The summed E-state index contributed by atoms with van der Waals surface area (Å²) in [6.07, 6.45) is 8.33. The van der Waals surface area contributed by atoms with E-state index in [0.717, 1.165) is 0 Å². The van der Waals surface area contributed by atoms with E-state index in [4.69, 9.17) is 5.11 Å². The third-order valence-corrected chi connectivity index (χ3v) is 3.34. The molecule has 4 nitrogen and oxygen atoms in total. The van der Waals surface area contributed by atoms with E-state index in [2.05, 4.69) is 43.4 Å². The Balaban J connectivity index is 2.86. The molecule has 0 saturated heterocycles. The standard InChI is InChI=1S/C15H27N3O/c1-6-16-18(10-11-19)15(4,5)12-13(3)17(7-2)14-8-9-14/h6-7,12,14,19H,2,8-11H2,1,3-5H3/b13-12+,16-6-. The van der Waals surface area contributed by atoms with E-state index < -0.39 is 0 Å². The summed E-state index contributed by atoms with van der Waals surface area (Å²) in [5, 5.41) is 15.4. The van der Waals surface area contributed by atoms with Gasteiger partial charge in [-0.2, -0.15) is 5.10 Å². The maximum atomic E-state index is 9.15. The molecule has 0 aromatic carbocycles. The molecule has 0 aliphatic heterocycles. The van der Waals surface area contributed by atoms with Gasteiger partial charge in [0.15, 0.2) is 0 Å². The van der Waals surface area contributed by atoms with E-state index in [1.54, 1.807) is 6.21 Å². The van der Waals surface area contributed by atoms with Crippen molar-refractivity contribution in [1.29, 1.82) is 0 Å². The second-order valence-electron chi connectivity index (χ2n) is 5.48. The summed E-state index contributed by atoms with van der Waals surface area (Å²) in [4.78, 5) is 2.23. The van der Waals surface area contributed by atoms with E-state index in [9.17, 15) is 0 Å². The highest BCUT2D eigenvalue weighted by atomic mass is 16.3. The summed E-state index contributed by atoms with van der Waals surface area (Å²) in [5.74, 6) is 0. The van der Waals surface area contributed by atoms with Gasteiger partial charge in [0.2, 0.25) is 0 Å². The van der Waals surface area contributed by atoms with Gasteiger partial charge in [0.05, 0.1) is 18.7 Å². The highest BCUT2D eigenvalue weighted by Gasteiger charge is 2.29. The molecule has 0 aromatic heterocycles. The number of hydrogen-bond donors (Lipinski definition) is 1. The maximum Gasteiger partial charge on any atom is 0.0722 e. The van der Waals surface area contributed by atoms with Crippen LogP contribution in [0.5, 0.6) is 0 Å². The first-order valence-electron chi connectivity index (χ1n) is 6.93. The molecule has 0 spiro atoms. The van der Waals surface area contributed by atoms with Gasteiger partial charge in [0.25, 0.3) is 0 Å². The second-order valence-corrected chi connectivity index (χ2v) is 5.48. The predicted octanol–water partition coefficient (Wildman–Crippen LogP) is 2.58. The molecule has 1 saturated carbocycles. The fourth-order valence-electron chi connectivity index (χ4n) is 2.32. The van der Waals surface area contributed by atoms with Gasteiger partial charge in [-0.25, -0.2) is 0 Å². The summed E-state index contributed by atoms with van der Waals surface area (Å²) in [5.41, 5.74) is 0.951. The molecular weight excluding hydrogens is 238 g/mol. The minimum absolute atomic E-state index is 0.0987. The Labute approximate surface area is 117 Å². The van der Waals surface area contributed by atoms with Gasteiger partial charge < -0.3 is 10.0 Å². The number of hydrogen-bond acceptors (Lipinski definition) is 4. The fraction of sp³-hybridized carbons (Fsp3) is 0.667. The van der Waals surface area contributed by atoms with Gasteiger partial charge in [-0.1, -0.05) is 6.58 Å². The van der Waals surface area contributed by atoms with Crippen LogP contribution >= 0.6 is 0 Å². The quantitative estimate of drug-likeness (QED) is 0.541. The number of β-amino-alcohol motifs (C(OH)–C–C–N with tert-alkyl or cyclic N) is 1. The Morgan fingerprint density at radius 2 is 2.11 bits per heavy atom. The van der Waals surface area contributed by atoms with Gasteiger partial charge in [0.1, 0.15) is 0 Å². The molecule has 4 heteroatoms. The third-order valence-electron chi connectivity index (χ3n) is 3.34. The highest BCUT2D eigenvalue weighted by molar-refractivity contribution is 5.52. The Hall–Kier alpha value is -1.29. The molecule has 1 fully saturated rings. The first kappa shape index (κ1) is 15.8. The van der Waals surface area contributed by atoms with Crippen molar-refractivity contribution < 1.29 is 5.11 Å². The second kappa shape index (κ2) is 6.75. The summed E-state index contributed by atoms with van der Waals surface area (Å²) in [6.45, 7) is 12.7. The lowest BCUT2D eigenvalue weighted by Crippen LogP contribution is -2.41. The van der Waals surface area contributed by atoms with E-state index in [-0.39, 0.29) is 12.1 Å². The van der Waals surface area contributed by atoms with E-state index in [1.165, 1.54) is 18.5 Å². The van der Waals surface area contributed by atoms with Crippen LogP contribution in [0.25, 0.3) is 0 Å². The molecule has 1 N–H and O–H groups in total. The molecule has 0 unspecified atom stereocenters. The highest BCUT2D eigenvalue weighted by Crippen LogP contribution is 2.31. The molecular formula is C15H27N3O. The van der Waals surface area contributed by atoms with Crippen LogP contribution < -0.4 is 0 Å². The first-order valence-corrected chi connectivity index (χ1v) is 6.93. The molecule has 108 valence electrons. The van der Waals surface area contributed by atoms with Crippen molar-refractivity contribution in [3.05, 3.63) is 24.6 Å². The van der Waals surface area contributed by atoms with Crippen molar-refractivity contribution in [2.75, 3.05) is 13.2 Å². The molecule has 1 aliphatic rings. The largest absolute Gasteiger partial charge is 0.394 e. The lowest BCUT2D eigenvalue weighted by atomic mass is 10.0. The molecule has 0 bridgehead atoms. The summed E-state index contributed by atoms with van der Waals surface area (Å²) in [6, 6.07) is 0.616. The van der Waals surface area contributed by atoms with Crippen molar-refractivity contribution in [2.24, 2.45) is 5.10 Å². The van der Waals surface area contributed by atoms with Gasteiger partial charge >= 0.3 is 0 Å². The Morgan fingerprint density at radius 1 is 1.47 bits per heavy atom. The monoisotopic (exact) mass is 265 g/mol. The van der Waals surface area contributed by atoms with Crippen LogP contribution in [0.4, 0.5) is 0 Å². The molecule has 19 heavy (non-hydrogen) atoms. The van der Waals surface area contributed by atoms with E-state index in [0.29, 0.717) is 12.6 Å². The molecule has 0 radical (unpaired) electrons. The minimum atomic E-state index is -0.241. The molecule has 1 aliphatic carbocycles. The number of aliphatic hydroxyl groups excluding tert-OH is 1. The zero-order chi connectivity index (χ0) is 14.5. The smallest absolute Gasteiger partial charge is 0.0722 e. The van der Waals surface area contributed by atoms with Gasteiger partial charge in [0, 0.05) is 18.0 Å². The van der Waals surface area contributed by atoms with Gasteiger partial charge in [-0.05, 0) is 52.8 Å². The molecule has 0 amide bonds. The summed E-state index contributed by atoms with van der Waals surface area (Å²) >= 11 is 0. The van der Waals surface area contributed by atoms with Crippen molar-refractivity contribution in [2.45, 2.75) is 52.1 Å². The average Bonchev–Trinajstić information content (AvgIpc) is 3.13. The van der Waals surface area contributed by atoms with Crippen molar-refractivity contribution in [3.8, 4) is 0 Å². The summed E-state index contributed by atoms with van der Waals surface area (Å²) < 4.78 is 0. The third kappa shape index (κ3) is 4.39. The van der Waals surface area contributed by atoms with Crippen molar-refractivity contribution in [1.82, 2.24) is 9.91 Å². The first-order chi connectivity index (χ1) is 8.96. The lowest BCUT2D eigenvalue weighted by Gasteiger charge is -2.35. The zero-order valence-corrected chi connectivity index (χ0v) is 12.6. The topological polar surface area (TPSA) is 39.1 Å². The van der Waals surface area contributed by atoms with Crippen LogP contribution in [0.2, 0.25) is 0 Å².